The van der Waals surface area contributed by atoms with E-state index in [0.29, 0.717) is 0 Å². The number of guanidine groups is 1. The van der Waals surface area contributed by atoms with Crippen LogP contribution in [0.3, 0.4) is 0 Å². The number of aliphatic imine (C=N–C) groups is 1. The van der Waals surface area contributed by atoms with E-state index in [1.165, 1.54) is 5.56 Å². The summed E-state index contributed by atoms with van der Waals surface area (Å²) in [4.78, 5) is 4.37. The van der Waals surface area contributed by atoms with Gasteiger partial charge >= 0.3 is 0 Å². The third-order valence-corrected chi connectivity index (χ3v) is 5.21. The number of halogens is 1. The van der Waals surface area contributed by atoms with E-state index in [1.54, 1.807) is 6.33 Å². The number of nitrogens with one attached hydrogen (secondary N) is 2. The maximum Gasteiger partial charge on any atom is 0.191 e. The molecule has 0 unspecified atom stereocenters. The van der Waals surface area contributed by atoms with Crippen LogP contribution in [0.4, 0.5) is 0 Å². The van der Waals surface area contributed by atoms with E-state index in [1.807, 2.05) is 7.05 Å². The molecule has 0 amide bonds. The van der Waals surface area contributed by atoms with Crippen LogP contribution in [-0.2, 0) is 18.4 Å². The Kier molecular flexibility index (Phi) is 10.4. The normalized spacial score (nSPS) is 11.8. The molecule has 0 spiro atoms. The highest BCUT2D eigenvalue weighted by Crippen LogP contribution is 2.30. The Balaban J connectivity index is 0.00000364. The van der Waals surface area contributed by atoms with Gasteiger partial charge in [-0.3, -0.25) is 4.99 Å². The highest BCUT2D eigenvalue weighted by Gasteiger charge is 2.28. The Hall–Kier alpha value is -1.64. The van der Waals surface area contributed by atoms with Crippen molar-refractivity contribution in [3.8, 4) is 0 Å². The Morgan fingerprint density at radius 2 is 1.81 bits per heavy atom. The first-order chi connectivity index (χ1) is 12.7. The van der Waals surface area contributed by atoms with Crippen LogP contribution in [0.25, 0.3) is 0 Å². The van der Waals surface area contributed by atoms with E-state index in [9.17, 15) is 0 Å². The molecule has 1 aromatic carbocycles. The number of aryl methyl sites for hydroxylation is 1. The number of hydrogen-bond acceptors (Lipinski definition) is 3. The Labute approximate surface area is 180 Å². The van der Waals surface area contributed by atoms with Crippen molar-refractivity contribution in [1.29, 1.82) is 0 Å². The molecule has 7 heteroatoms. The maximum absolute atomic E-state index is 4.37. The summed E-state index contributed by atoms with van der Waals surface area (Å²) in [5.41, 5.74) is 1.49. The molecule has 0 fully saturated rings. The minimum atomic E-state index is 0. The van der Waals surface area contributed by atoms with Gasteiger partial charge < -0.3 is 15.2 Å². The van der Waals surface area contributed by atoms with E-state index < -0.39 is 0 Å². The molecule has 2 N–H and O–H groups in total. The molecule has 0 bridgehead atoms. The molecule has 2 aromatic rings. The molecule has 0 aliphatic heterocycles. The molecular weight excluding hydrogens is 451 g/mol. The fourth-order valence-electron chi connectivity index (χ4n) is 3.31. The summed E-state index contributed by atoms with van der Waals surface area (Å²) in [6.07, 6.45) is 4.83. The van der Waals surface area contributed by atoms with Crippen molar-refractivity contribution in [3.05, 3.63) is 48.0 Å². The Bertz CT molecular complexity index is 679. The van der Waals surface area contributed by atoms with Crippen molar-refractivity contribution >= 4 is 29.9 Å². The average molecular weight is 484 g/mol. The van der Waals surface area contributed by atoms with Crippen molar-refractivity contribution in [2.75, 3.05) is 20.1 Å². The number of benzene rings is 1. The summed E-state index contributed by atoms with van der Waals surface area (Å²) < 4.78 is 2.08. The number of hydrogen-bond donors (Lipinski definition) is 2. The first-order valence-corrected chi connectivity index (χ1v) is 9.55. The maximum atomic E-state index is 4.37. The van der Waals surface area contributed by atoms with Crippen molar-refractivity contribution < 1.29 is 0 Å². The van der Waals surface area contributed by atoms with Gasteiger partial charge in [0.25, 0.3) is 0 Å². The molecule has 0 saturated carbocycles. The van der Waals surface area contributed by atoms with Crippen LogP contribution < -0.4 is 10.6 Å². The molecule has 1 heterocycles. The van der Waals surface area contributed by atoms with Crippen LogP contribution in [-0.4, -0.2) is 40.9 Å². The zero-order valence-corrected chi connectivity index (χ0v) is 19.2. The van der Waals surface area contributed by atoms with E-state index >= 15 is 0 Å². The molecule has 2 rings (SSSR count). The van der Waals surface area contributed by atoms with Crippen LogP contribution in [0.5, 0.6) is 0 Å². The fourth-order valence-corrected chi connectivity index (χ4v) is 3.31. The number of rotatable bonds is 9. The summed E-state index contributed by atoms with van der Waals surface area (Å²) in [7, 11) is 1.81. The summed E-state index contributed by atoms with van der Waals surface area (Å²) >= 11 is 0. The van der Waals surface area contributed by atoms with Gasteiger partial charge in [-0.15, -0.1) is 34.2 Å². The first-order valence-electron chi connectivity index (χ1n) is 9.55. The summed E-state index contributed by atoms with van der Waals surface area (Å²) in [6.45, 7) is 9.06. The molecule has 0 aliphatic carbocycles. The molecule has 0 radical (unpaired) electrons. The second-order valence-electron chi connectivity index (χ2n) is 6.50. The molecule has 0 aliphatic rings. The molecule has 0 atom stereocenters. The molecule has 6 nitrogen and oxygen atoms in total. The molecular formula is C20H33IN6. The molecule has 150 valence electrons. The van der Waals surface area contributed by atoms with E-state index in [2.05, 4.69) is 81.5 Å². The highest BCUT2D eigenvalue weighted by molar-refractivity contribution is 14.0. The van der Waals surface area contributed by atoms with Gasteiger partial charge in [-0.2, -0.15) is 0 Å². The van der Waals surface area contributed by atoms with Gasteiger partial charge in [0, 0.05) is 38.5 Å². The van der Waals surface area contributed by atoms with E-state index in [4.69, 9.17) is 0 Å². The largest absolute Gasteiger partial charge is 0.356 e. The number of nitrogens with zero attached hydrogens (tertiary/aromatic N) is 4. The predicted molar refractivity (Wildman–Crippen MR) is 123 cm³/mol. The Morgan fingerprint density at radius 1 is 1.11 bits per heavy atom. The zero-order chi connectivity index (χ0) is 18.8. The molecule has 0 saturated heterocycles. The lowest BCUT2D eigenvalue weighted by atomic mass is 9.76. The van der Waals surface area contributed by atoms with Gasteiger partial charge in [-0.05, 0) is 18.4 Å². The lowest BCUT2D eigenvalue weighted by Crippen LogP contribution is -2.46. The topological polar surface area (TPSA) is 67.1 Å². The van der Waals surface area contributed by atoms with Crippen molar-refractivity contribution in [2.24, 2.45) is 4.99 Å². The van der Waals surface area contributed by atoms with E-state index in [0.717, 1.165) is 50.7 Å². The van der Waals surface area contributed by atoms with Gasteiger partial charge in [-0.25, -0.2) is 0 Å². The quantitative estimate of drug-likeness (QED) is 0.326. The number of aromatic nitrogens is 3. The van der Waals surface area contributed by atoms with Gasteiger partial charge in [-0.1, -0.05) is 51.1 Å². The summed E-state index contributed by atoms with van der Waals surface area (Å²) in [5.74, 6) is 1.84. The van der Waals surface area contributed by atoms with Crippen molar-refractivity contribution in [1.82, 2.24) is 25.4 Å². The minimum Gasteiger partial charge on any atom is -0.356 e. The summed E-state index contributed by atoms with van der Waals surface area (Å²) in [5, 5.41) is 15.0. The zero-order valence-electron chi connectivity index (χ0n) is 16.9. The average Bonchev–Trinajstić information content (AvgIpc) is 3.16. The smallest absolute Gasteiger partial charge is 0.191 e. The first kappa shape index (κ1) is 23.4. The van der Waals surface area contributed by atoms with Crippen LogP contribution in [0.2, 0.25) is 0 Å². The third kappa shape index (κ3) is 6.19. The molecule has 1 aromatic heterocycles. The van der Waals surface area contributed by atoms with Crippen LogP contribution >= 0.6 is 24.0 Å². The monoisotopic (exact) mass is 484 g/mol. The van der Waals surface area contributed by atoms with Gasteiger partial charge in [0.1, 0.15) is 12.2 Å². The fraction of sp³-hybridized carbons (Fsp3) is 0.550. The van der Waals surface area contributed by atoms with Crippen molar-refractivity contribution in [3.63, 3.8) is 0 Å². The molecule has 27 heavy (non-hydrogen) atoms. The van der Waals surface area contributed by atoms with Gasteiger partial charge in [0.05, 0.1) is 0 Å². The standard InChI is InChI=1S/C20H32N6.HI/c1-5-18-25-24-16-26(18)14-13-22-19(21-4)23-15-20(6-2,7-3)17-11-9-8-10-12-17;/h8-12,16H,5-7,13-15H2,1-4H3,(H2,21,22,23);1H. The minimum absolute atomic E-state index is 0. The predicted octanol–water partition coefficient (Wildman–Crippen LogP) is 3.38. The lowest BCUT2D eigenvalue weighted by molar-refractivity contribution is 0.389. The van der Waals surface area contributed by atoms with Gasteiger partial charge in [0.2, 0.25) is 0 Å². The second kappa shape index (κ2) is 11.9. The van der Waals surface area contributed by atoms with Gasteiger partial charge in [0.15, 0.2) is 5.96 Å². The second-order valence-corrected chi connectivity index (χ2v) is 6.50. The lowest BCUT2D eigenvalue weighted by Gasteiger charge is -2.33. The van der Waals surface area contributed by atoms with Crippen LogP contribution in [0.15, 0.2) is 41.7 Å². The Morgan fingerprint density at radius 3 is 2.41 bits per heavy atom. The highest BCUT2D eigenvalue weighted by atomic mass is 127. The van der Waals surface area contributed by atoms with E-state index in [-0.39, 0.29) is 29.4 Å². The SMILES string of the molecule is CCc1nncn1CCNC(=NC)NCC(CC)(CC)c1ccccc1.I. The third-order valence-electron chi connectivity index (χ3n) is 5.21. The van der Waals surface area contributed by atoms with Crippen molar-refractivity contribution in [2.45, 2.75) is 52.0 Å². The van der Waals surface area contributed by atoms with Crippen LogP contribution in [0, 0.1) is 0 Å². The summed E-state index contributed by atoms with van der Waals surface area (Å²) in [6, 6.07) is 10.8. The van der Waals surface area contributed by atoms with Crippen LogP contribution in [0.1, 0.15) is 45.0 Å².